The summed E-state index contributed by atoms with van der Waals surface area (Å²) >= 11 is 3.41. The SMILES string of the molecule is CNCc1nnc(NC(C)c2ccc(Br)cc2)o1. The third-order valence-electron chi connectivity index (χ3n) is 2.50. The summed E-state index contributed by atoms with van der Waals surface area (Å²) in [5.74, 6) is 0.572. The molecule has 1 unspecified atom stereocenters. The van der Waals surface area contributed by atoms with Crippen LogP contribution in [0.25, 0.3) is 0 Å². The second-order valence-electron chi connectivity index (χ2n) is 3.95. The maximum absolute atomic E-state index is 5.43. The highest BCUT2D eigenvalue weighted by atomic mass is 79.9. The average Bonchev–Trinajstić information content (AvgIpc) is 2.78. The van der Waals surface area contributed by atoms with E-state index in [0.29, 0.717) is 18.5 Å². The summed E-state index contributed by atoms with van der Waals surface area (Å²) in [7, 11) is 1.84. The van der Waals surface area contributed by atoms with Gasteiger partial charge in [-0.25, -0.2) is 0 Å². The molecule has 0 aliphatic heterocycles. The van der Waals surface area contributed by atoms with Gasteiger partial charge in [-0.15, -0.1) is 5.10 Å². The van der Waals surface area contributed by atoms with Gasteiger partial charge in [0.15, 0.2) is 0 Å². The second kappa shape index (κ2) is 5.97. The summed E-state index contributed by atoms with van der Waals surface area (Å²) in [4.78, 5) is 0. The lowest BCUT2D eigenvalue weighted by Gasteiger charge is -2.11. The van der Waals surface area contributed by atoms with Crippen LogP contribution in [0.1, 0.15) is 24.4 Å². The molecule has 0 aliphatic carbocycles. The van der Waals surface area contributed by atoms with Gasteiger partial charge < -0.3 is 15.1 Å². The van der Waals surface area contributed by atoms with Crippen LogP contribution in [0.3, 0.4) is 0 Å². The van der Waals surface area contributed by atoms with Crippen molar-refractivity contribution in [1.82, 2.24) is 15.5 Å². The molecule has 18 heavy (non-hydrogen) atoms. The Bertz CT molecular complexity index is 497. The fourth-order valence-electron chi connectivity index (χ4n) is 1.55. The molecule has 0 aliphatic rings. The minimum Gasteiger partial charge on any atom is -0.407 e. The molecule has 0 bridgehead atoms. The van der Waals surface area contributed by atoms with Crippen molar-refractivity contribution in [3.63, 3.8) is 0 Å². The van der Waals surface area contributed by atoms with Crippen molar-refractivity contribution in [2.75, 3.05) is 12.4 Å². The molecule has 6 heteroatoms. The van der Waals surface area contributed by atoms with Crippen LogP contribution < -0.4 is 10.6 Å². The number of benzene rings is 1. The van der Waals surface area contributed by atoms with Gasteiger partial charge in [0.1, 0.15) is 0 Å². The molecule has 1 aromatic heterocycles. The van der Waals surface area contributed by atoms with Crippen molar-refractivity contribution < 1.29 is 4.42 Å². The fourth-order valence-corrected chi connectivity index (χ4v) is 1.82. The van der Waals surface area contributed by atoms with Crippen LogP contribution in [0.4, 0.5) is 6.01 Å². The third kappa shape index (κ3) is 3.30. The molecule has 5 nitrogen and oxygen atoms in total. The Labute approximate surface area is 114 Å². The lowest BCUT2D eigenvalue weighted by Crippen LogP contribution is -2.06. The number of halogens is 1. The van der Waals surface area contributed by atoms with E-state index >= 15 is 0 Å². The van der Waals surface area contributed by atoms with E-state index in [-0.39, 0.29) is 6.04 Å². The highest BCUT2D eigenvalue weighted by molar-refractivity contribution is 9.10. The Balaban J connectivity index is 2.01. The van der Waals surface area contributed by atoms with Crippen LogP contribution in [0, 0.1) is 0 Å². The first kappa shape index (κ1) is 13.0. The second-order valence-corrected chi connectivity index (χ2v) is 4.86. The molecule has 1 heterocycles. The van der Waals surface area contributed by atoms with Crippen molar-refractivity contribution in [3.05, 3.63) is 40.2 Å². The van der Waals surface area contributed by atoms with Gasteiger partial charge in [-0.1, -0.05) is 33.2 Å². The van der Waals surface area contributed by atoms with Gasteiger partial charge >= 0.3 is 6.01 Å². The Morgan fingerprint density at radius 2 is 2.00 bits per heavy atom. The van der Waals surface area contributed by atoms with Crippen molar-refractivity contribution in [2.45, 2.75) is 19.5 Å². The number of rotatable bonds is 5. The van der Waals surface area contributed by atoms with Crippen molar-refractivity contribution in [1.29, 1.82) is 0 Å². The highest BCUT2D eigenvalue weighted by Gasteiger charge is 2.10. The van der Waals surface area contributed by atoms with E-state index in [1.54, 1.807) is 0 Å². The monoisotopic (exact) mass is 310 g/mol. The topological polar surface area (TPSA) is 63.0 Å². The number of aromatic nitrogens is 2. The van der Waals surface area contributed by atoms with Crippen molar-refractivity contribution in [2.24, 2.45) is 0 Å². The van der Waals surface area contributed by atoms with Gasteiger partial charge in [0.05, 0.1) is 12.6 Å². The van der Waals surface area contributed by atoms with Crippen LogP contribution in [0.2, 0.25) is 0 Å². The summed E-state index contributed by atoms with van der Waals surface area (Å²) < 4.78 is 6.50. The predicted molar refractivity (Wildman–Crippen MR) is 73.2 cm³/mol. The predicted octanol–water partition coefficient (Wildman–Crippen LogP) is 2.72. The Morgan fingerprint density at radius 1 is 1.28 bits per heavy atom. The average molecular weight is 311 g/mol. The van der Waals surface area contributed by atoms with Gasteiger partial charge in [0.25, 0.3) is 0 Å². The lowest BCUT2D eigenvalue weighted by molar-refractivity contribution is 0.486. The number of hydrogen-bond donors (Lipinski definition) is 2. The molecular weight excluding hydrogens is 296 g/mol. The molecule has 96 valence electrons. The van der Waals surface area contributed by atoms with Crippen molar-refractivity contribution >= 4 is 21.9 Å². The summed E-state index contributed by atoms with van der Waals surface area (Å²) in [5.41, 5.74) is 1.16. The molecule has 0 saturated heterocycles. The first-order valence-electron chi connectivity index (χ1n) is 5.68. The van der Waals surface area contributed by atoms with Crippen molar-refractivity contribution in [3.8, 4) is 0 Å². The summed E-state index contributed by atoms with van der Waals surface area (Å²) in [5, 5.41) is 14.0. The fraction of sp³-hybridized carbons (Fsp3) is 0.333. The molecule has 0 radical (unpaired) electrons. The molecular formula is C12H15BrN4O. The van der Waals surface area contributed by atoms with E-state index in [0.717, 1.165) is 10.0 Å². The molecule has 2 N–H and O–H groups in total. The molecule has 0 saturated carbocycles. The van der Waals surface area contributed by atoms with Crippen LogP contribution in [-0.4, -0.2) is 17.2 Å². The largest absolute Gasteiger partial charge is 0.407 e. The Hall–Kier alpha value is -1.40. The standard InChI is InChI=1S/C12H15BrN4O/c1-8(9-3-5-10(13)6-4-9)15-12-17-16-11(18-12)7-14-2/h3-6,8,14H,7H2,1-2H3,(H,15,17). The van der Waals surface area contributed by atoms with Crippen LogP contribution in [0.5, 0.6) is 0 Å². The van der Waals surface area contributed by atoms with E-state index < -0.39 is 0 Å². The minimum atomic E-state index is 0.112. The van der Waals surface area contributed by atoms with Gasteiger partial charge in [-0.05, 0) is 31.7 Å². The van der Waals surface area contributed by atoms with E-state index in [2.05, 4.69) is 36.8 Å². The molecule has 1 aromatic carbocycles. The quantitative estimate of drug-likeness (QED) is 0.889. The maximum atomic E-state index is 5.43. The molecule has 1 atom stereocenters. The normalized spacial score (nSPS) is 12.4. The van der Waals surface area contributed by atoms with Gasteiger partial charge in [0.2, 0.25) is 5.89 Å². The first-order valence-corrected chi connectivity index (χ1v) is 6.47. The zero-order valence-corrected chi connectivity index (χ0v) is 11.9. The minimum absolute atomic E-state index is 0.112. The zero-order valence-electron chi connectivity index (χ0n) is 10.3. The molecule has 2 aromatic rings. The first-order chi connectivity index (χ1) is 8.69. The molecule has 0 spiro atoms. The van der Waals surface area contributed by atoms with Crippen LogP contribution in [0.15, 0.2) is 33.2 Å². The number of anilines is 1. The summed E-state index contributed by atoms with van der Waals surface area (Å²) in [6.45, 7) is 2.62. The van der Waals surface area contributed by atoms with Crippen LogP contribution in [-0.2, 0) is 6.54 Å². The summed E-state index contributed by atoms with van der Waals surface area (Å²) in [6.07, 6.45) is 0. The lowest BCUT2D eigenvalue weighted by atomic mass is 10.1. The van der Waals surface area contributed by atoms with E-state index in [4.69, 9.17) is 4.42 Å². The molecule has 0 fully saturated rings. The Morgan fingerprint density at radius 3 is 2.67 bits per heavy atom. The van der Waals surface area contributed by atoms with Gasteiger partial charge in [-0.3, -0.25) is 0 Å². The van der Waals surface area contributed by atoms with E-state index in [1.807, 2.05) is 38.2 Å². The zero-order chi connectivity index (χ0) is 13.0. The Kier molecular flexibility index (Phi) is 4.33. The smallest absolute Gasteiger partial charge is 0.315 e. The van der Waals surface area contributed by atoms with Gasteiger partial charge in [-0.2, -0.15) is 0 Å². The number of hydrogen-bond acceptors (Lipinski definition) is 5. The number of nitrogens with zero attached hydrogens (tertiary/aromatic N) is 2. The molecule has 2 rings (SSSR count). The van der Waals surface area contributed by atoms with E-state index in [1.165, 1.54) is 0 Å². The highest BCUT2D eigenvalue weighted by Crippen LogP contribution is 2.20. The van der Waals surface area contributed by atoms with Crippen LogP contribution >= 0.6 is 15.9 Å². The summed E-state index contributed by atoms with van der Waals surface area (Å²) in [6, 6.07) is 8.66. The van der Waals surface area contributed by atoms with E-state index in [9.17, 15) is 0 Å². The third-order valence-corrected chi connectivity index (χ3v) is 3.03. The molecule has 0 amide bonds. The van der Waals surface area contributed by atoms with Gasteiger partial charge in [0, 0.05) is 4.47 Å². The maximum Gasteiger partial charge on any atom is 0.315 e. The number of nitrogens with one attached hydrogen (secondary N) is 2.